The first kappa shape index (κ1) is 22.3. The number of nitrogens with zero attached hydrogens (tertiary/aromatic N) is 3. The maximum atomic E-state index is 14.1. The number of pyridine rings is 1. The lowest BCUT2D eigenvalue weighted by Crippen LogP contribution is -2.48. The summed E-state index contributed by atoms with van der Waals surface area (Å²) in [5.74, 6) is -0.0708. The molecule has 3 rings (SSSR count). The normalized spacial score (nSPS) is 15.9. The smallest absolute Gasteiger partial charge is 0.319 e. The minimum Gasteiger partial charge on any atom is -0.488 e. The zero-order valence-electron chi connectivity index (χ0n) is 18.0. The summed E-state index contributed by atoms with van der Waals surface area (Å²) >= 11 is 0. The number of carbonyl (C=O) groups excluding carboxylic acids is 2. The van der Waals surface area contributed by atoms with E-state index in [1.165, 1.54) is 17.0 Å². The third-order valence-corrected chi connectivity index (χ3v) is 4.89. The fourth-order valence-corrected chi connectivity index (χ4v) is 3.37. The molecule has 0 aliphatic carbocycles. The van der Waals surface area contributed by atoms with E-state index in [9.17, 15) is 14.0 Å². The second-order valence-electron chi connectivity index (χ2n) is 7.80. The maximum Gasteiger partial charge on any atom is 0.319 e. The third-order valence-electron chi connectivity index (χ3n) is 4.89. The van der Waals surface area contributed by atoms with E-state index >= 15 is 0 Å². The second kappa shape index (κ2) is 10.1. The molecule has 1 aliphatic rings. The molecule has 0 spiro atoms. The van der Waals surface area contributed by atoms with Crippen LogP contribution in [-0.2, 0) is 6.54 Å². The Hall–Kier alpha value is -3.36. The lowest BCUT2D eigenvalue weighted by molar-refractivity contribution is 0.0911. The second-order valence-corrected chi connectivity index (χ2v) is 7.80. The highest BCUT2D eigenvalue weighted by molar-refractivity contribution is 5.88. The lowest BCUT2D eigenvalue weighted by atomic mass is 10.1. The Morgan fingerprint density at radius 3 is 2.81 bits per heavy atom. The number of urea groups is 2. The summed E-state index contributed by atoms with van der Waals surface area (Å²) in [6, 6.07) is 7.44. The van der Waals surface area contributed by atoms with Gasteiger partial charge in [-0.1, -0.05) is 0 Å². The van der Waals surface area contributed by atoms with Crippen molar-refractivity contribution in [2.45, 2.75) is 32.4 Å². The van der Waals surface area contributed by atoms with Gasteiger partial charge in [0.15, 0.2) is 0 Å². The van der Waals surface area contributed by atoms with Gasteiger partial charge >= 0.3 is 12.1 Å². The van der Waals surface area contributed by atoms with Gasteiger partial charge in [0.1, 0.15) is 17.7 Å². The SMILES string of the molecule is Cc1ccc(NC(=O)NCc2cc(F)cc(O[C@@H]3CCCN(C(=O)N(C)C)C3)c2)cn1. The quantitative estimate of drug-likeness (QED) is 0.763. The highest BCUT2D eigenvalue weighted by Gasteiger charge is 2.26. The molecule has 1 aromatic heterocycles. The Morgan fingerprint density at radius 1 is 1.29 bits per heavy atom. The van der Waals surface area contributed by atoms with E-state index in [2.05, 4.69) is 15.6 Å². The first-order valence-electron chi connectivity index (χ1n) is 10.2. The Morgan fingerprint density at radius 2 is 2.10 bits per heavy atom. The summed E-state index contributed by atoms with van der Waals surface area (Å²) in [7, 11) is 3.42. The summed E-state index contributed by atoms with van der Waals surface area (Å²) in [6.45, 7) is 3.13. The molecule has 166 valence electrons. The highest BCUT2D eigenvalue weighted by Crippen LogP contribution is 2.22. The number of halogens is 1. The van der Waals surface area contributed by atoms with E-state index in [4.69, 9.17) is 4.74 Å². The lowest BCUT2D eigenvalue weighted by Gasteiger charge is -2.34. The number of piperidine rings is 1. The van der Waals surface area contributed by atoms with Gasteiger partial charge in [-0.05, 0) is 49.6 Å². The van der Waals surface area contributed by atoms with Crippen LogP contribution in [0.2, 0.25) is 0 Å². The monoisotopic (exact) mass is 429 g/mol. The fourth-order valence-electron chi connectivity index (χ4n) is 3.37. The molecule has 9 heteroatoms. The average molecular weight is 429 g/mol. The van der Waals surface area contributed by atoms with Gasteiger partial charge in [-0.25, -0.2) is 14.0 Å². The largest absolute Gasteiger partial charge is 0.488 e. The summed E-state index contributed by atoms with van der Waals surface area (Å²) in [6.07, 6.45) is 2.96. The Kier molecular flexibility index (Phi) is 7.28. The zero-order valence-corrected chi connectivity index (χ0v) is 18.0. The molecule has 8 nitrogen and oxygen atoms in total. The number of hydrogen-bond acceptors (Lipinski definition) is 4. The number of amides is 4. The standard InChI is InChI=1S/C22H28FN5O3/c1-15-6-7-18(13-24-15)26-21(29)25-12-16-9-17(23)11-20(10-16)31-19-5-4-8-28(14-19)22(30)27(2)3/h6-7,9-11,13,19H,4-5,8,12,14H2,1-3H3,(H2,25,26,29)/t19-/m1/s1. The van der Waals surface area contributed by atoms with Crippen molar-refractivity contribution in [3.63, 3.8) is 0 Å². The molecule has 31 heavy (non-hydrogen) atoms. The molecule has 2 N–H and O–H groups in total. The molecule has 1 saturated heterocycles. The first-order valence-corrected chi connectivity index (χ1v) is 10.2. The molecule has 0 bridgehead atoms. The average Bonchev–Trinajstić information content (AvgIpc) is 2.73. The molecular formula is C22H28FN5O3. The molecule has 4 amide bonds. The number of anilines is 1. The van der Waals surface area contributed by atoms with Gasteiger partial charge in [0.25, 0.3) is 0 Å². The van der Waals surface area contributed by atoms with E-state index in [0.29, 0.717) is 30.1 Å². The maximum absolute atomic E-state index is 14.1. The molecule has 1 aliphatic heterocycles. The van der Waals surface area contributed by atoms with E-state index in [0.717, 1.165) is 18.5 Å². The van der Waals surface area contributed by atoms with Crippen molar-refractivity contribution in [1.82, 2.24) is 20.1 Å². The van der Waals surface area contributed by atoms with Crippen molar-refractivity contribution in [1.29, 1.82) is 0 Å². The molecule has 0 saturated carbocycles. The molecule has 2 aromatic rings. The number of nitrogens with one attached hydrogen (secondary N) is 2. The van der Waals surface area contributed by atoms with Crippen molar-refractivity contribution in [2.75, 3.05) is 32.5 Å². The molecule has 0 radical (unpaired) electrons. The van der Waals surface area contributed by atoms with Gasteiger partial charge in [-0.3, -0.25) is 4.98 Å². The summed E-state index contributed by atoms with van der Waals surface area (Å²) in [4.78, 5) is 31.7. The number of likely N-dealkylation sites (tertiary alicyclic amines) is 1. The molecule has 1 fully saturated rings. The minimum atomic E-state index is -0.450. The van der Waals surface area contributed by atoms with Crippen LogP contribution in [0.3, 0.4) is 0 Å². The van der Waals surface area contributed by atoms with Crippen LogP contribution in [0.1, 0.15) is 24.1 Å². The predicted molar refractivity (Wildman–Crippen MR) is 116 cm³/mol. The fraction of sp³-hybridized carbons (Fsp3) is 0.409. The van der Waals surface area contributed by atoms with Crippen LogP contribution in [0.15, 0.2) is 36.5 Å². The van der Waals surface area contributed by atoms with Crippen molar-refractivity contribution in [3.05, 3.63) is 53.6 Å². The number of carbonyl (C=O) groups is 2. The van der Waals surface area contributed by atoms with E-state index in [-0.39, 0.29) is 18.7 Å². The van der Waals surface area contributed by atoms with E-state index < -0.39 is 11.8 Å². The van der Waals surface area contributed by atoms with Crippen LogP contribution >= 0.6 is 0 Å². The number of hydrogen-bond donors (Lipinski definition) is 2. The van der Waals surface area contributed by atoms with Gasteiger partial charge in [0.2, 0.25) is 0 Å². The molecular weight excluding hydrogens is 401 g/mol. The van der Waals surface area contributed by atoms with Gasteiger partial charge in [-0.2, -0.15) is 0 Å². The number of rotatable bonds is 5. The highest BCUT2D eigenvalue weighted by atomic mass is 19.1. The van der Waals surface area contributed by atoms with Crippen LogP contribution in [-0.4, -0.2) is 60.1 Å². The third kappa shape index (κ3) is 6.56. The topological polar surface area (TPSA) is 86.8 Å². The predicted octanol–water partition coefficient (Wildman–Crippen LogP) is 3.38. The van der Waals surface area contributed by atoms with Gasteiger partial charge < -0.3 is 25.2 Å². The van der Waals surface area contributed by atoms with Crippen molar-refractivity contribution < 1.29 is 18.7 Å². The van der Waals surface area contributed by atoms with Gasteiger partial charge in [0, 0.05) is 38.9 Å². The number of aryl methyl sites for hydroxylation is 1. The van der Waals surface area contributed by atoms with Crippen molar-refractivity contribution in [2.24, 2.45) is 0 Å². The Bertz CT molecular complexity index is 920. The van der Waals surface area contributed by atoms with Crippen molar-refractivity contribution in [3.8, 4) is 5.75 Å². The van der Waals surface area contributed by atoms with E-state index in [1.54, 1.807) is 43.4 Å². The van der Waals surface area contributed by atoms with Crippen LogP contribution in [0.4, 0.5) is 19.7 Å². The van der Waals surface area contributed by atoms with Crippen LogP contribution in [0.5, 0.6) is 5.75 Å². The number of ether oxygens (including phenoxy) is 1. The molecule has 1 atom stereocenters. The zero-order chi connectivity index (χ0) is 22.4. The van der Waals surface area contributed by atoms with Gasteiger partial charge in [0.05, 0.1) is 18.4 Å². The van der Waals surface area contributed by atoms with Crippen LogP contribution in [0, 0.1) is 12.7 Å². The van der Waals surface area contributed by atoms with Crippen LogP contribution < -0.4 is 15.4 Å². The summed E-state index contributed by atoms with van der Waals surface area (Å²) < 4.78 is 20.1. The first-order chi connectivity index (χ1) is 14.8. The Labute approximate surface area is 181 Å². The minimum absolute atomic E-state index is 0.0628. The van der Waals surface area contributed by atoms with E-state index in [1.807, 2.05) is 6.92 Å². The number of aromatic nitrogens is 1. The summed E-state index contributed by atoms with van der Waals surface area (Å²) in [5.41, 5.74) is 2.00. The number of benzene rings is 1. The Balaban J connectivity index is 1.56. The van der Waals surface area contributed by atoms with Crippen molar-refractivity contribution >= 4 is 17.7 Å². The summed E-state index contributed by atoms with van der Waals surface area (Å²) in [5, 5.41) is 5.38. The molecule has 1 aromatic carbocycles. The van der Waals surface area contributed by atoms with Crippen LogP contribution in [0.25, 0.3) is 0 Å². The molecule has 2 heterocycles. The van der Waals surface area contributed by atoms with Gasteiger partial charge in [-0.15, -0.1) is 0 Å². The molecule has 0 unspecified atom stereocenters.